The molecule has 0 saturated heterocycles. The van der Waals surface area contributed by atoms with E-state index in [1.54, 1.807) is 0 Å². The lowest BCUT2D eigenvalue weighted by molar-refractivity contribution is -0.129. The van der Waals surface area contributed by atoms with Gasteiger partial charge in [-0.25, -0.2) is 0 Å². The predicted molar refractivity (Wildman–Crippen MR) is 52.5 cm³/mol. The number of hydrogen-bond acceptors (Lipinski definition) is 3. The minimum Gasteiger partial charge on any atom is -0.300 e. The molecule has 2 rings (SSSR count). The molecule has 0 aliphatic heterocycles. The summed E-state index contributed by atoms with van der Waals surface area (Å²) < 4.78 is 0. The Morgan fingerprint density at radius 3 is 2.38 bits per heavy atom. The highest BCUT2D eigenvalue weighted by Gasteiger charge is 2.47. The molecule has 70 valence electrons. The molecule has 0 radical (unpaired) electrons. The third-order valence-corrected chi connectivity index (χ3v) is 3.75. The van der Waals surface area contributed by atoms with Crippen molar-refractivity contribution in [2.45, 2.75) is 25.7 Å². The van der Waals surface area contributed by atoms with Gasteiger partial charge in [-0.1, -0.05) is 6.08 Å². The minimum atomic E-state index is -0.230. The molecular weight excluding hydrogens is 184 g/mol. The average molecular weight is 196 g/mol. The summed E-state index contributed by atoms with van der Waals surface area (Å²) in [5.41, 5.74) is -0.230. The smallest absolute Gasteiger partial charge is 0.178 e. The minimum absolute atomic E-state index is 0.230. The van der Waals surface area contributed by atoms with Crippen molar-refractivity contribution >= 4 is 23.3 Å². The van der Waals surface area contributed by atoms with Crippen molar-refractivity contribution in [1.29, 1.82) is 0 Å². The molecule has 2 nitrogen and oxygen atoms in total. The molecule has 0 aromatic carbocycles. The maximum atomic E-state index is 11.7. The first-order valence-electron chi connectivity index (χ1n) is 4.51. The van der Waals surface area contributed by atoms with Gasteiger partial charge in [-0.05, 0) is 19.1 Å². The van der Waals surface area contributed by atoms with Crippen molar-refractivity contribution in [3.8, 4) is 0 Å². The fourth-order valence-electron chi connectivity index (χ4n) is 2.05. The van der Waals surface area contributed by atoms with Crippen molar-refractivity contribution in [2.24, 2.45) is 5.41 Å². The fourth-order valence-corrected chi connectivity index (χ4v) is 2.78. The zero-order valence-electron chi connectivity index (χ0n) is 7.63. The molecule has 0 N–H and O–H groups in total. The van der Waals surface area contributed by atoms with Gasteiger partial charge in [0.1, 0.15) is 5.78 Å². The molecular formula is C10H12O2S. The Balaban J connectivity index is 2.14. The SMILES string of the molecule is CSC1=CC2(CCC(=O)CC2)C1=O. The summed E-state index contributed by atoms with van der Waals surface area (Å²) in [6.07, 6.45) is 6.65. The summed E-state index contributed by atoms with van der Waals surface area (Å²) in [4.78, 5) is 23.6. The quantitative estimate of drug-likeness (QED) is 0.642. The first kappa shape index (κ1) is 9.00. The van der Waals surface area contributed by atoms with Crippen molar-refractivity contribution in [1.82, 2.24) is 0 Å². The summed E-state index contributed by atoms with van der Waals surface area (Å²) in [5.74, 6) is 0.580. The van der Waals surface area contributed by atoms with E-state index in [4.69, 9.17) is 0 Å². The maximum absolute atomic E-state index is 11.7. The van der Waals surface area contributed by atoms with Crippen molar-refractivity contribution < 1.29 is 9.59 Å². The number of Topliss-reactive ketones (excluding diaryl/α,β-unsaturated/α-hetero) is 2. The van der Waals surface area contributed by atoms with Gasteiger partial charge in [-0.15, -0.1) is 11.8 Å². The van der Waals surface area contributed by atoms with Crippen LogP contribution in [0.2, 0.25) is 0 Å². The molecule has 1 saturated carbocycles. The molecule has 0 aromatic rings. The summed E-state index contributed by atoms with van der Waals surface area (Å²) >= 11 is 1.51. The molecule has 0 heterocycles. The zero-order chi connectivity index (χ0) is 9.47. The van der Waals surface area contributed by atoms with E-state index < -0.39 is 0 Å². The normalized spacial score (nSPS) is 25.8. The van der Waals surface area contributed by atoms with Gasteiger partial charge < -0.3 is 0 Å². The summed E-state index contributed by atoms with van der Waals surface area (Å²) in [5, 5.41) is 0. The Kier molecular flexibility index (Phi) is 2.06. The molecule has 1 spiro atoms. The Hall–Kier alpha value is -0.570. The largest absolute Gasteiger partial charge is 0.300 e. The van der Waals surface area contributed by atoms with Gasteiger partial charge in [-0.3, -0.25) is 9.59 Å². The number of carbonyl (C=O) groups is 2. The van der Waals surface area contributed by atoms with Gasteiger partial charge in [0, 0.05) is 17.7 Å². The monoisotopic (exact) mass is 196 g/mol. The van der Waals surface area contributed by atoms with Crippen LogP contribution in [0.1, 0.15) is 25.7 Å². The predicted octanol–water partition coefficient (Wildman–Crippen LogP) is 1.95. The first-order chi connectivity index (χ1) is 6.18. The standard InChI is InChI=1S/C10H12O2S/c1-13-8-6-10(9(8)12)4-2-7(11)3-5-10/h6H,2-5H2,1H3. The van der Waals surface area contributed by atoms with E-state index in [-0.39, 0.29) is 11.2 Å². The number of carbonyl (C=O) groups excluding carboxylic acids is 2. The van der Waals surface area contributed by atoms with E-state index in [0.29, 0.717) is 18.6 Å². The molecule has 13 heavy (non-hydrogen) atoms. The van der Waals surface area contributed by atoms with Crippen LogP contribution < -0.4 is 0 Å². The summed E-state index contributed by atoms with van der Waals surface area (Å²) in [6.45, 7) is 0. The zero-order valence-corrected chi connectivity index (χ0v) is 8.45. The van der Waals surface area contributed by atoms with E-state index in [1.165, 1.54) is 11.8 Å². The van der Waals surface area contributed by atoms with Crippen LogP contribution in [0.15, 0.2) is 11.0 Å². The molecule has 0 bridgehead atoms. The second-order valence-corrected chi connectivity index (χ2v) is 4.58. The van der Waals surface area contributed by atoms with Gasteiger partial charge in [0.05, 0.1) is 5.41 Å². The molecule has 0 amide bonds. The second-order valence-electron chi connectivity index (χ2n) is 3.74. The van der Waals surface area contributed by atoms with Crippen molar-refractivity contribution in [3.63, 3.8) is 0 Å². The van der Waals surface area contributed by atoms with Gasteiger partial charge in [0.25, 0.3) is 0 Å². The Bertz CT molecular complexity index is 294. The Morgan fingerprint density at radius 1 is 1.31 bits per heavy atom. The third-order valence-electron chi connectivity index (χ3n) is 3.00. The molecule has 0 aromatic heterocycles. The molecule has 0 atom stereocenters. The van der Waals surface area contributed by atoms with Crippen LogP contribution >= 0.6 is 11.8 Å². The summed E-state index contributed by atoms with van der Waals surface area (Å²) in [6, 6.07) is 0. The van der Waals surface area contributed by atoms with Crippen LogP contribution in [-0.4, -0.2) is 17.8 Å². The Morgan fingerprint density at radius 2 is 1.92 bits per heavy atom. The van der Waals surface area contributed by atoms with Crippen LogP contribution in [0.25, 0.3) is 0 Å². The number of allylic oxidation sites excluding steroid dienone is 2. The van der Waals surface area contributed by atoms with Crippen LogP contribution in [-0.2, 0) is 9.59 Å². The number of thioether (sulfide) groups is 1. The lowest BCUT2D eigenvalue weighted by Gasteiger charge is -2.39. The highest BCUT2D eigenvalue weighted by Crippen LogP contribution is 2.48. The van der Waals surface area contributed by atoms with Crippen LogP contribution in [0.5, 0.6) is 0 Å². The van der Waals surface area contributed by atoms with Gasteiger partial charge >= 0.3 is 0 Å². The van der Waals surface area contributed by atoms with Gasteiger partial charge in [0.2, 0.25) is 0 Å². The maximum Gasteiger partial charge on any atom is 0.178 e. The van der Waals surface area contributed by atoms with Gasteiger partial charge in [-0.2, -0.15) is 0 Å². The van der Waals surface area contributed by atoms with E-state index in [9.17, 15) is 9.59 Å². The van der Waals surface area contributed by atoms with E-state index in [0.717, 1.165) is 17.7 Å². The molecule has 2 aliphatic rings. The number of rotatable bonds is 1. The first-order valence-corrected chi connectivity index (χ1v) is 5.74. The van der Waals surface area contributed by atoms with Crippen LogP contribution in [0.4, 0.5) is 0 Å². The molecule has 3 heteroatoms. The number of ketones is 2. The van der Waals surface area contributed by atoms with Crippen LogP contribution in [0.3, 0.4) is 0 Å². The van der Waals surface area contributed by atoms with Crippen LogP contribution in [0, 0.1) is 5.41 Å². The fraction of sp³-hybridized carbons (Fsp3) is 0.600. The highest BCUT2D eigenvalue weighted by molar-refractivity contribution is 8.03. The lowest BCUT2D eigenvalue weighted by atomic mass is 9.65. The second kappa shape index (κ2) is 2.98. The van der Waals surface area contributed by atoms with E-state index >= 15 is 0 Å². The van der Waals surface area contributed by atoms with E-state index in [2.05, 4.69) is 6.08 Å². The lowest BCUT2D eigenvalue weighted by Crippen LogP contribution is -2.41. The topological polar surface area (TPSA) is 34.1 Å². The average Bonchev–Trinajstić information content (AvgIpc) is 2.16. The molecule has 1 fully saturated rings. The molecule has 2 aliphatic carbocycles. The summed E-state index contributed by atoms with van der Waals surface area (Å²) in [7, 11) is 0. The molecule has 0 unspecified atom stereocenters. The highest BCUT2D eigenvalue weighted by atomic mass is 32.2. The van der Waals surface area contributed by atoms with Gasteiger partial charge in [0.15, 0.2) is 5.78 Å². The van der Waals surface area contributed by atoms with Crippen molar-refractivity contribution in [3.05, 3.63) is 11.0 Å². The Labute approximate surface area is 81.8 Å². The van der Waals surface area contributed by atoms with Crippen molar-refractivity contribution in [2.75, 3.05) is 6.26 Å². The van der Waals surface area contributed by atoms with E-state index in [1.807, 2.05) is 6.26 Å². The third kappa shape index (κ3) is 1.26. The number of hydrogen-bond donors (Lipinski definition) is 0.